The lowest BCUT2D eigenvalue weighted by Gasteiger charge is -2.12. The number of methoxy groups -OCH3 is 2. The zero-order valence-corrected chi connectivity index (χ0v) is 19.7. The van der Waals surface area contributed by atoms with Gasteiger partial charge in [-0.15, -0.1) is 0 Å². The minimum atomic E-state index is -0.619. The van der Waals surface area contributed by atoms with E-state index < -0.39 is 5.97 Å². The summed E-state index contributed by atoms with van der Waals surface area (Å²) in [5.41, 5.74) is 4.22. The monoisotopic (exact) mass is 485 g/mol. The van der Waals surface area contributed by atoms with E-state index in [4.69, 9.17) is 14.2 Å². The molecule has 2 aromatic carbocycles. The van der Waals surface area contributed by atoms with E-state index >= 15 is 0 Å². The van der Waals surface area contributed by atoms with Crippen molar-refractivity contribution in [3.05, 3.63) is 75.0 Å². The van der Waals surface area contributed by atoms with Crippen LogP contribution in [0.5, 0.6) is 11.5 Å². The predicted molar refractivity (Wildman–Crippen MR) is 122 cm³/mol. The number of esters is 1. The minimum Gasteiger partial charge on any atom is -0.496 e. The number of Topliss-reactive ketones (excluding diaryl/α,β-unsaturated/α-hetero) is 1. The molecular formula is C24H24BrNO5. The smallest absolute Gasteiger partial charge is 0.338 e. The maximum atomic E-state index is 12.8. The molecule has 3 aromatic rings. The predicted octanol–water partition coefficient (Wildman–Crippen LogP) is 5.22. The molecule has 6 nitrogen and oxygen atoms in total. The van der Waals surface area contributed by atoms with Crippen molar-refractivity contribution >= 4 is 27.7 Å². The van der Waals surface area contributed by atoms with Gasteiger partial charge >= 0.3 is 5.97 Å². The third-order valence-electron chi connectivity index (χ3n) is 5.14. The third-order valence-corrected chi connectivity index (χ3v) is 5.67. The number of halogens is 1. The lowest BCUT2D eigenvalue weighted by molar-refractivity contribution is 0.0474. The Kier molecular flexibility index (Phi) is 6.85. The molecule has 0 N–H and O–H groups in total. The molecule has 0 aliphatic rings. The van der Waals surface area contributed by atoms with Crippen molar-refractivity contribution in [2.24, 2.45) is 0 Å². The second kappa shape index (κ2) is 9.39. The Morgan fingerprint density at radius 3 is 2.06 bits per heavy atom. The molecule has 0 aliphatic carbocycles. The zero-order chi connectivity index (χ0) is 22.7. The Labute approximate surface area is 189 Å². The first kappa shape index (κ1) is 22.6. The Balaban J connectivity index is 1.78. The number of carbonyl (C=O) groups excluding carboxylic acids is 2. The molecule has 0 radical (unpaired) electrons. The summed E-state index contributed by atoms with van der Waals surface area (Å²) in [6, 6.07) is 12.8. The number of ether oxygens (including phenoxy) is 3. The van der Waals surface area contributed by atoms with Crippen LogP contribution in [0.2, 0.25) is 0 Å². The number of hydrogen-bond donors (Lipinski definition) is 0. The molecule has 7 heteroatoms. The average molecular weight is 486 g/mol. The molecule has 0 saturated carbocycles. The average Bonchev–Trinajstić information content (AvgIpc) is 3.06. The number of ketones is 1. The van der Waals surface area contributed by atoms with Crippen molar-refractivity contribution in [2.45, 2.75) is 20.8 Å². The van der Waals surface area contributed by atoms with E-state index in [-0.39, 0.29) is 18.0 Å². The second-order valence-corrected chi connectivity index (χ2v) is 8.02. The van der Waals surface area contributed by atoms with Gasteiger partial charge in [-0.3, -0.25) is 4.79 Å². The highest BCUT2D eigenvalue weighted by Crippen LogP contribution is 2.30. The molecule has 0 aliphatic heterocycles. The van der Waals surface area contributed by atoms with Gasteiger partial charge in [0.25, 0.3) is 0 Å². The fourth-order valence-electron chi connectivity index (χ4n) is 3.53. The van der Waals surface area contributed by atoms with Gasteiger partial charge in [0, 0.05) is 32.7 Å². The van der Waals surface area contributed by atoms with Crippen molar-refractivity contribution in [1.29, 1.82) is 0 Å². The Morgan fingerprint density at radius 1 is 0.935 bits per heavy atom. The van der Waals surface area contributed by atoms with Crippen LogP contribution in [0.1, 0.15) is 37.7 Å². The number of aromatic nitrogens is 1. The van der Waals surface area contributed by atoms with Crippen molar-refractivity contribution in [1.82, 2.24) is 4.57 Å². The first-order valence-corrected chi connectivity index (χ1v) is 10.4. The Morgan fingerprint density at radius 2 is 1.52 bits per heavy atom. The summed E-state index contributed by atoms with van der Waals surface area (Å²) in [5.74, 6) is 0.133. The number of rotatable bonds is 7. The molecule has 0 bridgehead atoms. The van der Waals surface area contributed by atoms with Crippen LogP contribution < -0.4 is 9.47 Å². The number of hydrogen-bond acceptors (Lipinski definition) is 5. The maximum absolute atomic E-state index is 12.8. The van der Waals surface area contributed by atoms with Gasteiger partial charge in [0.2, 0.25) is 5.78 Å². The molecular weight excluding hydrogens is 462 g/mol. The van der Waals surface area contributed by atoms with Crippen LogP contribution in [0.4, 0.5) is 0 Å². The van der Waals surface area contributed by atoms with E-state index in [0.29, 0.717) is 17.1 Å². The van der Waals surface area contributed by atoms with Gasteiger partial charge in [-0.1, -0.05) is 15.9 Å². The largest absolute Gasteiger partial charge is 0.496 e. The van der Waals surface area contributed by atoms with Crippen molar-refractivity contribution in [3.8, 4) is 17.2 Å². The highest BCUT2D eigenvalue weighted by Gasteiger charge is 2.20. The molecule has 0 saturated heterocycles. The molecule has 162 valence electrons. The van der Waals surface area contributed by atoms with E-state index in [1.54, 1.807) is 12.1 Å². The quantitative estimate of drug-likeness (QED) is 0.338. The lowest BCUT2D eigenvalue weighted by atomic mass is 10.1. The third kappa shape index (κ3) is 4.66. The first-order chi connectivity index (χ1) is 14.8. The summed E-state index contributed by atoms with van der Waals surface area (Å²) >= 11 is 3.43. The molecule has 0 amide bonds. The van der Waals surface area contributed by atoms with E-state index in [0.717, 1.165) is 27.1 Å². The van der Waals surface area contributed by atoms with Crippen LogP contribution in [0.25, 0.3) is 5.69 Å². The van der Waals surface area contributed by atoms with Crippen LogP contribution >= 0.6 is 15.9 Å². The minimum absolute atomic E-state index is 0.257. The number of benzene rings is 2. The molecule has 0 unspecified atom stereocenters. The summed E-state index contributed by atoms with van der Waals surface area (Å²) < 4.78 is 18.9. The highest BCUT2D eigenvalue weighted by molar-refractivity contribution is 9.10. The summed E-state index contributed by atoms with van der Waals surface area (Å²) in [6.07, 6.45) is 0. The van der Waals surface area contributed by atoms with Crippen molar-refractivity contribution in [3.63, 3.8) is 0 Å². The molecule has 0 spiro atoms. The van der Waals surface area contributed by atoms with Crippen LogP contribution in [0.3, 0.4) is 0 Å². The zero-order valence-electron chi connectivity index (χ0n) is 18.1. The summed E-state index contributed by atoms with van der Waals surface area (Å²) in [7, 11) is 3.03. The maximum Gasteiger partial charge on any atom is 0.338 e. The SMILES string of the molecule is COc1cc(C(=O)OCC(=O)c2cc(C)n(-c3ccc(Br)cc3)c2C)cc(OC)c1C. The standard InChI is InChI=1S/C24H24BrNO5/c1-14-10-20(16(3)26(14)19-8-6-18(25)7-9-19)21(27)13-31-24(28)17-11-22(29-4)15(2)23(12-17)30-5/h6-12H,13H2,1-5H3. The second-order valence-electron chi connectivity index (χ2n) is 7.10. The van der Waals surface area contributed by atoms with E-state index in [9.17, 15) is 9.59 Å². The van der Waals surface area contributed by atoms with Crippen LogP contribution in [0.15, 0.2) is 46.9 Å². The van der Waals surface area contributed by atoms with Crippen molar-refractivity contribution in [2.75, 3.05) is 20.8 Å². The molecule has 31 heavy (non-hydrogen) atoms. The van der Waals surface area contributed by atoms with Gasteiger partial charge in [-0.05, 0) is 63.2 Å². The van der Waals surface area contributed by atoms with E-state index in [1.165, 1.54) is 14.2 Å². The lowest BCUT2D eigenvalue weighted by Crippen LogP contribution is -2.15. The van der Waals surface area contributed by atoms with Gasteiger partial charge in [0.15, 0.2) is 6.61 Å². The Bertz CT molecular complexity index is 1110. The number of nitrogens with zero attached hydrogens (tertiary/aromatic N) is 1. The molecule has 1 heterocycles. The van der Waals surface area contributed by atoms with Crippen LogP contribution in [-0.4, -0.2) is 37.1 Å². The number of aryl methyl sites for hydroxylation is 1. The Hall–Kier alpha value is -3.06. The molecule has 0 fully saturated rings. The fraction of sp³-hybridized carbons (Fsp3) is 0.250. The van der Waals surface area contributed by atoms with Gasteiger partial charge in [-0.2, -0.15) is 0 Å². The van der Waals surface area contributed by atoms with Gasteiger partial charge in [0.05, 0.1) is 19.8 Å². The molecule has 0 atom stereocenters. The van der Waals surface area contributed by atoms with Crippen LogP contribution in [0, 0.1) is 20.8 Å². The molecule has 1 aromatic heterocycles. The summed E-state index contributed by atoms with van der Waals surface area (Å²) in [5, 5.41) is 0. The van der Waals surface area contributed by atoms with E-state index in [1.807, 2.05) is 55.7 Å². The van der Waals surface area contributed by atoms with Crippen molar-refractivity contribution < 1.29 is 23.8 Å². The number of carbonyl (C=O) groups is 2. The highest BCUT2D eigenvalue weighted by atomic mass is 79.9. The normalized spacial score (nSPS) is 10.6. The van der Waals surface area contributed by atoms with Gasteiger partial charge < -0.3 is 18.8 Å². The van der Waals surface area contributed by atoms with Gasteiger partial charge in [-0.25, -0.2) is 4.79 Å². The topological polar surface area (TPSA) is 66.8 Å². The van der Waals surface area contributed by atoms with Gasteiger partial charge in [0.1, 0.15) is 11.5 Å². The summed E-state index contributed by atoms with van der Waals surface area (Å²) in [6.45, 7) is 5.28. The first-order valence-electron chi connectivity index (χ1n) is 9.64. The molecule has 3 rings (SSSR count). The van der Waals surface area contributed by atoms with Crippen LogP contribution in [-0.2, 0) is 4.74 Å². The summed E-state index contributed by atoms with van der Waals surface area (Å²) in [4.78, 5) is 25.3. The fourth-order valence-corrected chi connectivity index (χ4v) is 3.79. The van der Waals surface area contributed by atoms with E-state index in [2.05, 4.69) is 15.9 Å².